The predicted molar refractivity (Wildman–Crippen MR) is 102 cm³/mol. The summed E-state index contributed by atoms with van der Waals surface area (Å²) < 4.78 is 10.5. The third-order valence-electron chi connectivity index (χ3n) is 3.44. The van der Waals surface area contributed by atoms with E-state index in [1.807, 2.05) is 31.2 Å². The van der Waals surface area contributed by atoms with Crippen molar-refractivity contribution in [1.29, 1.82) is 0 Å². The molecule has 2 aromatic carbocycles. The Morgan fingerprint density at radius 3 is 2.46 bits per heavy atom. The molecule has 0 heterocycles. The van der Waals surface area contributed by atoms with Gasteiger partial charge in [-0.1, -0.05) is 13.0 Å². The maximum Gasteiger partial charge on any atom is 0.338 e. The molecule has 1 amide bonds. The minimum absolute atomic E-state index is 0.122. The molecule has 6 nitrogen and oxygen atoms in total. The lowest BCUT2D eigenvalue weighted by Gasteiger charge is -2.10. The van der Waals surface area contributed by atoms with Gasteiger partial charge in [0.1, 0.15) is 5.75 Å². The van der Waals surface area contributed by atoms with E-state index >= 15 is 0 Å². The minimum Gasteiger partial charge on any atom is -0.494 e. The van der Waals surface area contributed by atoms with Crippen molar-refractivity contribution in [2.45, 2.75) is 20.3 Å². The highest BCUT2D eigenvalue weighted by Crippen LogP contribution is 2.17. The summed E-state index contributed by atoms with van der Waals surface area (Å²) in [6.45, 7) is 4.91. The van der Waals surface area contributed by atoms with E-state index in [9.17, 15) is 9.59 Å². The van der Waals surface area contributed by atoms with E-state index in [0.29, 0.717) is 24.5 Å². The SMILES string of the molecule is CCCOc1cccc(NCC(=O)Nc2ccc(C(=O)OCC)cc2)c1. The Morgan fingerprint density at radius 2 is 1.77 bits per heavy atom. The number of nitrogens with one attached hydrogen (secondary N) is 2. The van der Waals surface area contributed by atoms with E-state index in [2.05, 4.69) is 10.6 Å². The Balaban J connectivity index is 1.84. The lowest BCUT2D eigenvalue weighted by atomic mass is 10.2. The molecule has 0 fully saturated rings. The number of hydrogen-bond donors (Lipinski definition) is 2. The van der Waals surface area contributed by atoms with Crippen molar-refractivity contribution < 1.29 is 19.1 Å². The first-order valence-corrected chi connectivity index (χ1v) is 8.66. The van der Waals surface area contributed by atoms with Crippen molar-refractivity contribution >= 4 is 23.3 Å². The molecule has 0 spiro atoms. The molecule has 2 aromatic rings. The van der Waals surface area contributed by atoms with E-state index in [-0.39, 0.29) is 18.4 Å². The van der Waals surface area contributed by atoms with Gasteiger partial charge < -0.3 is 20.1 Å². The summed E-state index contributed by atoms with van der Waals surface area (Å²) in [6.07, 6.45) is 0.940. The molecule has 0 bridgehead atoms. The second kappa shape index (κ2) is 10.1. The van der Waals surface area contributed by atoms with Crippen molar-refractivity contribution in [3.63, 3.8) is 0 Å². The van der Waals surface area contributed by atoms with Crippen LogP contribution in [0, 0.1) is 0 Å². The Hall–Kier alpha value is -3.02. The van der Waals surface area contributed by atoms with Gasteiger partial charge in [0, 0.05) is 17.4 Å². The molecule has 0 saturated carbocycles. The quantitative estimate of drug-likeness (QED) is 0.670. The fourth-order valence-electron chi connectivity index (χ4n) is 2.21. The van der Waals surface area contributed by atoms with Crippen molar-refractivity contribution in [3.05, 3.63) is 54.1 Å². The molecule has 0 saturated heterocycles. The topological polar surface area (TPSA) is 76.7 Å². The van der Waals surface area contributed by atoms with Gasteiger partial charge in [-0.2, -0.15) is 0 Å². The summed E-state index contributed by atoms with van der Waals surface area (Å²) >= 11 is 0. The standard InChI is InChI=1S/C20H24N2O4/c1-3-12-26-18-7-5-6-17(13-18)21-14-19(23)22-16-10-8-15(9-11-16)20(24)25-4-2/h5-11,13,21H,3-4,12,14H2,1-2H3,(H,22,23). The lowest BCUT2D eigenvalue weighted by Crippen LogP contribution is -2.21. The average Bonchev–Trinajstić information content (AvgIpc) is 2.66. The molecule has 0 aliphatic rings. The zero-order valence-corrected chi connectivity index (χ0v) is 15.1. The predicted octanol–water partition coefficient (Wildman–Crippen LogP) is 3.70. The first-order chi connectivity index (χ1) is 12.6. The first-order valence-electron chi connectivity index (χ1n) is 8.66. The molecule has 26 heavy (non-hydrogen) atoms. The van der Waals surface area contributed by atoms with Gasteiger partial charge in [-0.05, 0) is 49.7 Å². The maximum absolute atomic E-state index is 12.1. The Morgan fingerprint density at radius 1 is 1.00 bits per heavy atom. The van der Waals surface area contributed by atoms with Crippen LogP contribution < -0.4 is 15.4 Å². The zero-order valence-electron chi connectivity index (χ0n) is 15.1. The van der Waals surface area contributed by atoms with E-state index in [1.165, 1.54) is 0 Å². The average molecular weight is 356 g/mol. The van der Waals surface area contributed by atoms with E-state index in [1.54, 1.807) is 31.2 Å². The van der Waals surface area contributed by atoms with Gasteiger partial charge in [0.15, 0.2) is 0 Å². The van der Waals surface area contributed by atoms with Crippen LogP contribution in [0.2, 0.25) is 0 Å². The van der Waals surface area contributed by atoms with Gasteiger partial charge in [0.05, 0.1) is 25.3 Å². The smallest absolute Gasteiger partial charge is 0.338 e. The van der Waals surface area contributed by atoms with Crippen LogP contribution in [0.25, 0.3) is 0 Å². The number of esters is 1. The summed E-state index contributed by atoms with van der Waals surface area (Å²) in [7, 11) is 0. The number of benzene rings is 2. The zero-order chi connectivity index (χ0) is 18.8. The van der Waals surface area contributed by atoms with Crippen LogP contribution in [-0.4, -0.2) is 31.6 Å². The summed E-state index contributed by atoms with van der Waals surface area (Å²) in [5, 5.41) is 5.84. The number of ether oxygens (including phenoxy) is 2. The highest BCUT2D eigenvalue weighted by atomic mass is 16.5. The van der Waals surface area contributed by atoms with Gasteiger partial charge in [-0.15, -0.1) is 0 Å². The van der Waals surface area contributed by atoms with Gasteiger partial charge in [-0.3, -0.25) is 4.79 Å². The van der Waals surface area contributed by atoms with Crippen LogP contribution in [-0.2, 0) is 9.53 Å². The molecule has 0 unspecified atom stereocenters. The van der Waals surface area contributed by atoms with Crippen LogP contribution in [0.5, 0.6) is 5.75 Å². The highest BCUT2D eigenvalue weighted by Gasteiger charge is 2.07. The van der Waals surface area contributed by atoms with Crippen molar-refractivity contribution in [3.8, 4) is 5.75 Å². The number of carbonyl (C=O) groups is 2. The number of amides is 1. The second-order valence-corrected chi connectivity index (χ2v) is 5.58. The fourth-order valence-corrected chi connectivity index (χ4v) is 2.21. The molecule has 6 heteroatoms. The third-order valence-corrected chi connectivity index (χ3v) is 3.44. The van der Waals surface area contributed by atoms with Crippen LogP contribution in [0.15, 0.2) is 48.5 Å². The summed E-state index contributed by atoms with van der Waals surface area (Å²) in [5.41, 5.74) is 1.88. The monoisotopic (exact) mass is 356 g/mol. The molecular formula is C20H24N2O4. The molecule has 2 rings (SSSR count). The molecule has 0 aromatic heterocycles. The second-order valence-electron chi connectivity index (χ2n) is 5.58. The normalized spacial score (nSPS) is 10.1. The van der Waals surface area contributed by atoms with Gasteiger partial charge >= 0.3 is 5.97 Å². The Kier molecular flexibility index (Phi) is 7.49. The van der Waals surface area contributed by atoms with Crippen molar-refractivity contribution in [2.24, 2.45) is 0 Å². The largest absolute Gasteiger partial charge is 0.494 e. The lowest BCUT2D eigenvalue weighted by molar-refractivity contribution is -0.114. The number of hydrogen-bond acceptors (Lipinski definition) is 5. The van der Waals surface area contributed by atoms with Gasteiger partial charge in [0.25, 0.3) is 0 Å². The Bertz CT molecular complexity index is 729. The molecule has 0 radical (unpaired) electrons. The number of anilines is 2. The first kappa shape index (κ1) is 19.3. The molecule has 138 valence electrons. The summed E-state index contributed by atoms with van der Waals surface area (Å²) in [4.78, 5) is 23.7. The van der Waals surface area contributed by atoms with Crippen LogP contribution in [0.1, 0.15) is 30.6 Å². The van der Waals surface area contributed by atoms with Crippen LogP contribution >= 0.6 is 0 Å². The Labute approximate surface area is 153 Å². The minimum atomic E-state index is -0.378. The molecule has 0 aliphatic carbocycles. The maximum atomic E-state index is 12.1. The fraction of sp³-hybridized carbons (Fsp3) is 0.300. The summed E-state index contributed by atoms with van der Waals surface area (Å²) in [5.74, 6) is 0.206. The van der Waals surface area contributed by atoms with E-state index in [0.717, 1.165) is 17.9 Å². The van der Waals surface area contributed by atoms with E-state index in [4.69, 9.17) is 9.47 Å². The molecule has 2 N–H and O–H groups in total. The number of carbonyl (C=O) groups excluding carboxylic acids is 2. The molecule has 0 aliphatic heterocycles. The molecular weight excluding hydrogens is 332 g/mol. The van der Waals surface area contributed by atoms with Crippen LogP contribution in [0.4, 0.5) is 11.4 Å². The third kappa shape index (κ3) is 6.12. The van der Waals surface area contributed by atoms with E-state index < -0.39 is 0 Å². The summed E-state index contributed by atoms with van der Waals surface area (Å²) in [6, 6.07) is 14.1. The van der Waals surface area contributed by atoms with Crippen LogP contribution in [0.3, 0.4) is 0 Å². The molecule has 0 atom stereocenters. The number of rotatable bonds is 9. The van der Waals surface area contributed by atoms with Crippen molar-refractivity contribution in [2.75, 3.05) is 30.4 Å². The van der Waals surface area contributed by atoms with Gasteiger partial charge in [0.2, 0.25) is 5.91 Å². The van der Waals surface area contributed by atoms with Gasteiger partial charge in [-0.25, -0.2) is 4.79 Å². The highest BCUT2D eigenvalue weighted by molar-refractivity contribution is 5.95. The van der Waals surface area contributed by atoms with Crippen molar-refractivity contribution in [1.82, 2.24) is 0 Å².